The Morgan fingerprint density at radius 2 is 2.31 bits per heavy atom. The van der Waals surface area contributed by atoms with Crippen LogP contribution >= 0.6 is 0 Å². The van der Waals surface area contributed by atoms with Crippen molar-refractivity contribution < 1.29 is 4.74 Å². The summed E-state index contributed by atoms with van der Waals surface area (Å²) in [5.74, 6) is 6.21. The highest BCUT2D eigenvalue weighted by Crippen LogP contribution is 2.24. The molecular weight excluding hydrogens is 200 g/mol. The Labute approximate surface area is 99.4 Å². The van der Waals surface area contributed by atoms with E-state index in [1.165, 1.54) is 25.7 Å². The summed E-state index contributed by atoms with van der Waals surface area (Å²) in [4.78, 5) is 0. The van der Waals surface area contributed by atoms with Gasteiger partial charge in [0.1, 0.15) is 0 Å². The highest BCUT2D eigenvalue weighted by atomic mass is 16.5. The SMILES string of the molecule is COCCC(C)C(CC1=CCCCC1)NN. The number of hydrogen-bond acceptors (Lipinski definition) is 3. The lowest BCUT2D eigenvalue weighted by atomic mass is 9.88. The van der Waals surface area contributed by atoms with Crippen LogP contribution in [-0.4, -0.2) is 19.8 Å². The fraction of sp³-hybridized carbons (Fsp3) is 0.846. The van der Waals surface area contributed by atoms with E-state index in [0.29, 0.717) is 12.0 Å². The highest BCUT2D eigenvalue weighted by molar-refractivity contribution is 5.07. The van der Waals surface area contributed by atoms with Crippen molar-refractivity contribution in [3.8, 4) is 0 Å². The van der Waals surface area contributed by atoms with E-state index >= 15 is 0 Å². The molecule has 0 radical (unpaired) electrons. The van der Waals surface area contributed by atoms with Gasteiger partial charge in [0.2, 0.25) is 0 Å². The molecule has 0 fully saturated rings. The van der Waals surface area contributed by atoms with E-state index in [4.69, 9.17) is 10.6 Å². The van der Waals surface area contributed by atoms with Gasteiger partial charge in [-0.05, 0) is 44.4 Å². The molecule has 0 aromatic rings. The molecular formula is C13H26N2O. The molecule has 3 heteroatoms. The van der Waals surface area contributed by atoms with Gasteiger partial charge in [0.05, 0.1) is 0 Å². The van der Waals surface area contributed by atoms with Gasteiger partial charge in [-0.15, -0.1) is 0 Å². The first-order valence-electron chi connectivity index (χ1n) is 6.41. The Morgan fingerprint density at radius 3 is 2.88 bits per heavy atom. The van der Waals surface area contributed by atoms with Gasteiger partial charge in [0.15, 0.2) is 0 Å². The third-order valence-electron chi connectivity index (χ3n) is 3.55. The Kier molecular flexibility index (Phi) is 6.69. The molecule has 1 aliphatic rings. The van der Waals surface area contributed by atoms with Crippen LogP contribution in [0.5, 0.6) is 0 Å². The van der Waals surface area contributed by atoms with Crippen molar-refractivity contribution in [1.82, 2.24) is 5.43 Å². The van der Waals surface area contributed by atoms with Crippen molar-refractivity contribution in [2.75, 3.05) is 13.7 Å². The van der Waals surface area contributed by atoms with Crippen LogP contribution in [-0.2, 0) is 4.74 Å². The lowest BCUT2D eigenvalue weighted by Crippen LogP contribution is -2.40. The monoisotopic (exact) mass is 226 g/mol. The lowest BCUT2D eigenvalue weighted by molar-refractivity contribution is 0.169. The Balaban J connectivity index is 2.37. The largest absolute Gasteiger partial charge is 0.385 e. The van der Waals surface area contributed by atoms with Crippen LogP contribution in [0.4, 0.5) is 0 Å². The third-order valence-corrected chi connectivity index (χ3v) is 3.55. The number of hydrazine groups is 1. The van der Waals surface area contributed by atoms with Crippen LogP contribution in [0.25, 0.3) is 0 Å². The second kappa shape index (κ2) is 7.82. The maximum absolute atomic E-state index is 5.64. The third kappa shape index (κ3) is 4.64. The van der Waals surface area contributed by atoms with Gasteiger partial charge >= 0.3 is 0 Å². The van der Waals surface area contributed by atoms with Crippen molar-refractivity contribution in [1.29, 1.82) is 0 Å². The summed E-state index contributed by atoms with van der Waals surface area (Å²) in [7, 11) is 1.75. The van der Waals surface area contributed by atoms with E-state index in [1.807, 2.05) is 0 Å². The number of ether oxygens (including phenoxy) is 1. The fourth-order valence-electron chi connectivity index (χ4n) is 2.30. The first-order valence-corrected chi connectivity index (χ1v) is 6.41. The average Bonchev–Trinajstić information content (AvgIpc) is 2.34. The van der Waals surface area contributed by atoms with Gasteiger partial charge in [-0.3, -0.25) is 11.3 Å². The Bertz CT molecular complexity index is 216. The minimum atomic E-state index is 0.388. The summed E-state index contributed by atoms with van der Waals surface area (Å²) < 4.78 is 5.11. The van der Waals surface area contributed by atoms with Crippen molar-refractivity contribution in [3.05, 3.63) is 11.6 Å². The molecule has 0 aliphatic heterocycles. The standard InChI is InChI=1S/C13H26N2O/c1-11(8-9-16-2)13(15-14)10-12-6-4-3-5-7-12/h6,11,13,15H,3-5,7-10,14H2,1-2H3. The summed E-state index contributed by atoms with van der Waals surface area (Å²) in [5.41, 5.74) is 4.54. The smallest absolute Gasteiger partial charge is 0.0465 e. The second-order valence-electron chi connectivity index (χ2n) is 4.84. The maximum atomic E-state index is 5.64. The molecule has 94 valence electrons. The molecule has 0 bridgehead atoms. The molecule has 2 atom stereocenters. The van der Waals surface area contributed by atoms with E-state index in [9.17, 15) is 0 Å². The lowest BCUT2D eigenvalue weighted by Gasteiger charge is -2.25. The summed E-state index contributed by atoms with van der Waals surface area (Å²) in [6.45, 7) is 3.06. The minimum Gasteiger partial charge on any atom is -0.385 e. The Hall–Kier alpha value is -0.380. The van der Waals surface area contributed by atoms with Gasteiger partial charge in [-0.25, -0.2) is 0 Å². The molecule has 0 aromatic carbocycles. The predicted molar refractivity (Wildman–Crippen MR) is 67.9 cm³/mol. The molecule has 2 unspecified atom stereocenters. The summed E-state index contributed by atoms with van der Waals surface area (Å²) in [6.07, 6.45) is 9.77. The van der Waals surface area contributed by atoms with Gasteiger partial charge < -0.3 is 4.74 Å². The van der Waals surface area contributed by atoms with Crippen molar-refractivity contribution in [2.45, 2.75) is 51.5 Å². The predicted octanol–water partition coefficient (Wildman–Crippen LogP) is 2.38. The molecule has 0 heterocycles. The van der Waals surface area contributed by atoms with Crippen LogP contribution in [0.2, 0.25) is 0 Å². The number of rotatable bonds is 7. The van der Waals surface area contributed by atoms with Crippen molar-refractivity contribution >= 4 is 0 Å². The van der Waals surface area contributed by atoms with E-state index in [0.717, 1.165) is 19.4 Å². The fourth-order valence-corrected chi connectivity index (χ4v) is 2.30. The van der Waals surface area contributed by atoms with Crippen molar-refractivity contribution in [3.63, 3.8) is 0 Å². The molecule has 1 rings (SSSR count). The zero-order valence-corrected chi connectivity index (χ0v) is 10.7. The van der Waals surface area contributed by atoms with Crippen LogP contribution < -0.4 is 11.3 Å². The first-order chi connectivity index (χ1) is 7.77. The summed E-state index contributed by atoms with van der Waals surface area (Å²) in [5, 5.41) is 0. The van der Waals surface area contributed by atoms with Gasteiger partial charge in [-0.1, -0.05) is 18.6 Å². The zero-order valence-electron chi connectivity index (χ0n) is 10.7. The van der Waals surface area contributed by atoms with E-state index in [1.54, 1.807) is 12.7 Å². The molecule has 0 amide bonds. The molecule has 0 saturated carbocycles. The first kappa shape index (κ1) is 13.7. The average molecular weight is 226 g/mol. The Morgan fingerprint density at radius 1 is 1.50 bits per heavy atom. The van der Waals surface area contributed by atoms with Crippen LogP contribution in [0.3, 0.4) is 0 Å². The molecule has 16 heavy (non-hydrogen) atoms. The van der Waals surface area contributed by atoms with Crippen LogP contribution in [0.1, 0.15) is 45.4 Å². The molecule has 0 aromatic heterocycles. The molecule has 3 N–H and O–H groups in total. The normalized spacial score (nSPS) is 20.3. The minimum absolute atomic E-state index is 0.388. The van der Waals surface area contributed by atoms with Gasteiger partial charge in [0, 0.05) is 19.8 Å². The van der Waals surface area contributed by atoms with Crippen LogP contribution in [0.15, 0.2) is 11.6 Å². The van der Waals surface area contributed by atoms with E-state index in [2.05, 4.69) is 18.4 Å². The number of methoxy groups -OCH3 is 1. The number of nitrogens with one attached hydrogen (secondary N) is 1. The van der Waals surface area contributed by atoms with Gasteiger partial charge in [-0.2, -0.15) is 0 Å². The van der Waals surface area contributed by atoms with Crippen molar-refractivity contribution in [2.24, 2.45) is 11.8 Å². The topological polar surface area (TPSA) is 47.3 Å². The quantitative estimate of drug-likeness (QED) is 0.398. The summed E-state index contributed by atoms with van der Waals surface area (Å²) >= 11 is 0. The van der Waals surface area contributed by atoms with Gasteiger partial charge in [0.25, 0.3) is 0 Å². The summed E-state index contributed by atoms with van der Waals surface area (Å²) in [6, 6.07) is 0.388. The second-order valence-corrected chi connectivity index (χ2v) is 4.84. The zero-order chi connectivity index (χ0) is 11.8. The number of allylic oxidation sites excluding steroid dienone is 1. The maximum Gasteiger partial charge on any atom is 0.0465 e. The molecule has 0 spiro atoms. The molecule has 1 aliphatic carbocycles. The molecule has 3 nitrogen and oxygen atoms in total. The number of nitrogens with two attached hydrogens (primary N) is 1. The van der Waals surface area contributed by atoms with E-state index in [-0.39, 0.29) is 0 Å². The van der Waals surface area contributed by atoms with Crippen LogP contribution in [0, 0.1) is 5.92 Å². The number of hydrogen-bond donors (Lipinski definition) is 2. The molecule has 0 saturated heterocycles. The van der Waals surface area contributed by atoms with E-state index < -0.39 is 0 Å². The highest BCUT2D eigenvalue weighted by Gasteiger charge is 2.17.